The maximum absolute atomic E-state index is 13.2. The Bertz CT molecular complexity index is 1550. The molecule has 0 bridgehead atoms. The van der Waals surface area contributed by atoms with E-state index in [1.165, 1.54) is 0 Å². The van der Waals surface area contributed by atoms with E-state index in [9.17, 15) is 4.79 Å². The van der Waals surface area contributed by atoms with Crippen LogP contribution in [0.1, 0.15) is 11.1 Å². The number of piperidine rings is 1. The smallest absolute Gasteiger partial charge is 0.230 e. The highest BCUT2D eigenvalue weighted by Gasteiger charge is 2.61. The first-order chi connectivity index (χ1) is 17.5. The van der Waals surface area contributed by atoms with Gasteiger partial charge in [0, 0.05) is 55.4 Å². The number of carbonyl (C=O) groups excluding carboxylic acids is 1. The maximum atomic E-state index is 13.2. The Balaban J connectivity index is 1.23. The average molecular weight is 475 g/mol. The molecule has 7 heteroatoms. The first-order valence-corrected chi connectivity index (χ1v) is 12.4. The second-order valence-corrected chi connectivity index (χ2v) is 10.4. The summed E-state index contributed by atoms with van der Waals surface area (Å²) in [5.74, 6) is 2.32. The summed E-state index contributed by atoms with van der Waals surface area (Å²) in [7, 11) is 4.16. The molecule has 178 valence electrons. The van der Waals surface area contributed by atoms with Crippen LogP contribution in [0.25, 0.3) is 28.3 Å². The van der Waals surface area contributed by atoms with Crippen molar-refractivity contribution in [1.29, 1.82) is 5.26 Å². The van der Waals surface area contributed by atoms with Crippen molar-refractivity contribution in [3.8, 4) is 34.4 Å². The Morgan fingerprint density at radius 1 is 1.11 bits per heavy atom. The minimum absolute atomic E-state index is 0.178. The molecule has 2 aliphatic heterocycles. The molecule has 1 saturated heterocycles. The van der Waals surface area contributed by atoms with Crippen LogP contribution >= 0.6 is 0 Å². The summed E-state index contributed by atoms with van der Waals surface area (Å²) in [6.45, 7) is 2.49. The van der Waals surface area contributed by atoms with E-state index >= 15 is 0 Å². The molecule has 1 amide bonds. The van der Waals surface area contributed by atoms with Gasteiger partial charge in [-0.15, -0.1) is 0 Å². The van der Waals surface area contributed by atoms with Crippen molar-refractivity contribution < 1.29 is 4.79 Å². The fraction of sp³-hybridized carbons (Fsp3) is 0.276. The van der Waals surface area contributed by atoms with E-state index in [2.05, 4.69) is 69.6 Å². The van der Waals surface area contributed by atoms with Crippen LogP contribution in [0.15, 0.2) is 67.1 Å². The summed E-state index contributed by atoms with van der Waals surface area (Å²) in [5, 5.41) is 9.13. The van der Waals surface area contributed by atoms with Gasteiger partial charge in [-0.25, -0.2) is 4.98 Å². The molecule has 4 heterocycles. The first kappa shape index (κ1) is 21.2. The highest BCUT2D eigenvalue weighted by molar-refractivity contribution is 6.00. The van der Waals surface area contributed by atoms with Gasteiger partial charge in [0.05, 0.1) is 23.0 Å². The number of nitriles is 1. The fourth-order valence-electron chi connectivity index (χ4n) is 6.14. The van der Waals surface area contributed by atoms with Crippen LogP contribution in [0.2, 0.25) is 0 Å². The molecule has 2 aromatic heterocycles. The quantitative estimate of drug-likeness (QED) is 0.395. The van der Waals surface area contributed by atoms with Gasteiger partial charge in [-0.1, -0.05) is 12.1 Å². The summed E-state index contributed by atoms with van der Waals surface area (Å²) in [4.78, 5) is 22.1. The van der Waals surface area contributed by atoms with Crippen molar-refractivity contribution in [2.24, 2.45) is 17.8 Å². The van der Waals surface area contributed by atoms with Crippen LogP contribution in [0.3, 0.4) is 0 Å². The van der Waals surface area contributed by atoms with Gasteiger partial charge < -0.3 is 14.4 Å². The van der Waals surface area contributed by atoms with Gasteiger partial charge >= 0.3 is 0 Å². The predicted octanol–water partition coefficient (Wildman–Crippen LogP) is 4.01. The summed E-state index contributed by atoms with van der Waals surface area (Å²) in [6.07, 6.45) is 5.99. The Morgan fingerprint density at radius 3 is 2.67 bits per heavy atom. The van der Waals surface area contributed by atoms with Crippen molar-refractivity contribution >= 4 is 11.6 Å². The Morgan fingerprint density at radius 2 is 1.94 bits per heavy atom. The van der Waals surface area contributed by atoms with Crippen LogP contribution < -0.4 is 4.90 Å². The maximum Gasteiger partial charge on any atom is 0.230 e. The summed E-state index contributed by atoms with van der Waals surface area (Å²) in [6, 6.07) is 18.4. The van der Waals surface area contributed by atoms with E-state index in [-0.39, 0.29) is 11.8 Å². The third-order valence-electron chi connectivity index (χ3n) is 7.94. The molecule has 0 spiro atoms. The number of rotatable bonds is 4. The van der Waals surface area contributed by atoms with Gasteiger partial charge in [0.1, 0.15) is 0 Å². The Labute approximate surface area is 209 Å². The van der Waals surface area contributed by atoms with E-state index in [0.717, 1.165) is 52.7 Å². The number of nitrogens with zero attached hydrogens (tertiary/aromatic N) is 6. The topological polar surface area (TPSA) is 70.1 Å². The van der Waals surface area contributed by atoms with Crippen LogP contribution in [0.4, 0.5) is 5.69 Å². The number of hydrogen-bond donors (Lipinski definition) is 0. The second-order valence-electron chi connectivity index (χ2n) is 10.4. The van der Waals surface area contributed by atoms with E-state index in [0.29, 0.717) is 23.9 Å². The number of carbonyl (C=O) groups is 1. The summed E-state index contributed by atoms with van der Waals surface area (Å²) in [5.41, 5.74) is 7.09. The lowest BCUT2D eigenvalue weighted by molar-refractivity contribution is -0.119. The van der Waals surface area contributed by atoms with Crippen molar-refractivity contribution in [1.82, 2.24) is 19.0 Å². The Kier molecular flexibility index (Phi) is 4.51. The Hall–Kier alpha value is -4.15. The standard InChI is InChI=1S/C29H26N6O/c1-32(2)16-23-24-17-35(29(36)27(23)24)22-7-8-25-21(11-22)15-33-14-20(19-5-3-18(13-30)4-6-19)12-26(33)28-31-9-10-34(25)28/h3-12,14,23-24,27H,15-17H2,1-2H3/t23-,24-,27+/m0/s1. The van der Waals surface area contributed by atoms with E-state index in [1.807, 2.05) is 41.6 Å². The second kappa shape index (κ2) is 7.67. The van der Waals surface area contributed by atoms with Crippen molar-refractivity contribution in [2.45, 2.75) is 6.54 Å². The molecule has 1 saturated carbocycles. The van der Waals surface area contributed by atoms with Crippen LogP contribution in [-0.2, 0) is 11.3 Å². The summed E-state index contributed by atoms with van der Waals surface area (Å²) < 4.78 is 4.37. The molecule has 3 atom stereocenters. The molecule has 36 heavy (non-hydrogen) atoms. The average Bonchev–Trinajstić information content (AvgIpc) is 3.22. The van der Waals surface area contributed by atoms with Gasteiger partial charge in [0.15, 0.2) is 5.82 Å². The molecule has 0 radical (unpaired) electrons. The van der Waals surface area contributed by atoms with E-state index in [1.54, 1.807) is 0 Å². The number of hydrogen-bond acceptors (Lipinski definition) is 4. The summed E-state index contributed by atoms with van der Waals surface area (Å²) >= 11 is 0. The molecule has 3 aliphatic rings. The minimum atomic E-state index is 0.178. The predicted molar refractivity (Wildman–Crippen MR) is 138 cm³/mol. The van der Waals surface area contributed by atoms with Crippen molar-refractivity contribution in [3.05, 3.63) is 78.2 Å². The normalized spacial score (nSPS) is 21.4. The third-order valence-corrected chi connectivity index (χ3v) is 7.94. The fourth-order valence-corrected chi connectivity index (χ4v) is 6.14. The van der Waals surface area contributed by atoms with E-state index in [4.69, 9.17) is 5.26 Å². The molecule has 1 aliphatic carbocycles. The lowest BCUT2D eigenvalue weighted by Crippen LogP contribution is -2.32. The molecule has 2 aromatic carbocycles. The lowest BCUT2D eigenvalue weighted by Gasteiger charge is -2.23. The number of benzene rings is 2. The monoisotopic (exact) mass is 474 g/mol. The SMILES string of the molecule is CN(C)C[C@H]1[C@@H]2CN(c3ccc4c(c3)Cn3cc(-c5ccc(C#N)cc5)cc3-c3nccn3-4)C(=O)[C@H]12. The van der Waals surface area contributed by atoms with E-state index < -0.39 is 0 Å². The largest absolute Gasteiger partial charge is 0.340 e. The first-order valence-electron chi connectivity index (χ1n) is 12.4. The lowest BCUT2D eigenvalue weighted by atomic mass is 10.1. The minimum Gasteiger partial charge on any atom is -0.340 e. The molecular formula is C29H26N6O. The van der Waals surface area contributed by atoms with Gasteiger partial charge in [0.2, 0.25) is 5.91 Å². The van der Waals surface area contributed by atoms with Gasteiger partial charge in [-0.3, -0.25) is 9.36 Å². The van der Waals surface area contributed by atoms with Gasteiger partial charge in [-0.2, -0.15) is 5.26 Å². The molecule has 2 fully saturated rings. The molecule has 4 aromatic rings. The van der Waals surface area contributed by atoms with Crippen molar-refractivity contribution in [2.75, 3.05) is 32.1 Å². The molecule has 7 nitrogen and oxygen atoms in total. The van der Waals surface area contributed by atoms with Crippen LogP contribution in [0.5, 0.6) is 0 Å². The molecule has 0 N–H and O–H groups in total. The highest BCUT2D eigenvalue weighted by atomic mass is 16.2. The zero-order valence-corrected chi connectivity index (χ0v) is 20.3. The number of amides is 1. The van der Waals surface area contributed by atoms with Crippen LogP contribution in [-0.4, -0.2) is 52.1 Å². The molecule has 7 rings (SSSR count). The number of anilines is 1. The number of fused-ring (bicyclic) bond motifs is 6. The van der Waals surface area contributed by atoms with Gasteiger partial charge in [-0.05, 0) is 73.5 Å². The van der Waals surface area contributed by atoms with Crippen molar-refractivity contribution in [3.63, 3.8) is 0 Å². The zero-order chi connectivity index (χ0) is 24.6. The number of imidazole rings is 1. The molecule has 0 unspecified atom stereocenters. The highest BCUT2D eigenvalue weighted by Crippen LogP contribution is 2.53. The van der Waals surface area contributed by atoms with Crippen LogP contribution in [0, 0.1) is 29.1 Å². The van der Waals surface area contributed by atoms with Gasteiger partial charge in [0.25, 0.3) is 0 Å². The third kappa shape index (κ3) is 3.15. The number of aromatic nitrogens is 3. The zero-order valence-electron chi connectivity index (χ0n) is 20.3. The molecular weight excluding hydrogens is 448 g/mol.